The SMILES string of the molecule is Cc1csc(C2CCCN(C(=O)C3CC3c3cccnc3)C2)n1. The number of carbonyl (C=O) groups excluding carboxylic acids is 1. The lowest BCUT2D eigenvalue weighted by atomic mass is 9.98. The maximum absolute atomic E-state index is 12.8. The second-order valence-corrected chi connectivity index (χ2v) is 7.58. The van der Waals surface area contributed by atoms with Gasteiger partial charge in [-0.1, -0.05) is 6.07 Å². The lowest BCUT2D eigenvalue weighted by Gasteiger charge is -2.32. The molecule has 1 aliphatic carbocycles. The Bertz CT molecular complexity index is 699. The van der Waals surface area contributed by atoms with Crippen LogP contribution in [0, 0.1) is 12.8 Å². The molecule has 4 nitrogen and oxygen atoms in total. The van der Waals surface area contributed by atoms with E-state index >= 15 is 0 Å². The van der Waals surface area contributed by atoms with Crippen molar-refractivity contribution in [2.45, 2.75) is 38.0 Å². The highest BCUT2D eigenvalue weighted by atomic mass is 32.1. The first kappa shape index (κ1) is 14.8. The van der Waals surface area contributed by atoms with Crippen molar-refractivity contribution in [1.29, 1.82) is 0 Å². The predicted octanol–water partition coefficient (Wildman–Crippen LogP) is 3.36. The molecule has 3 atom stereocenters. The van der Waals surface area contributed by atoms with Crippen molar-refractivity contribution in [2.75, 3.05) is 13.1 Å². The highest BCUT2D eigenvalue weighted by Crippen LogP contribution is 2.48. The summed E-state index contributed by atoms with van der Waals surface area (Å²) in [7, 11) is 0. The topological polar surface area (TPSA) is 46.1 Å². The zero-order valence-corrected chi connectivity index (χ0v) is 14.1. The third kappa shape index (κ3) is 3.02. The van der Waals surface area contributed by atoms with Crippen LogP contribution in [0.15, 0.2) is 29.9 Å². The number of carbonyl (C=O) groups is 1. The molecule has 0 radical (unpaired) electrons. The minimum absolute atomic E-state index is 0.163. The van der Waals surface area contributed by atoms with Gasteiger partial charge in [-0.25, -0.2) is 4.98 Å². The first-order valence-electron chi connectivity index (χ1n) is 8.33. The standard InChI is InChI=1S/C18H21N3OS/c1-12-11-23-17(20-12)14-5-3-7-21(10-14)18(22)16-8-15(16)13-4-2-6-19-9-13/h2,4,6,9,11,14-16H,3,5,7-8,10H2,1H3. The molecule has 5 heteroatoms. The molecule has 0 bridgehead atoms. The van der Waals surface area contributed by atoms with Crippen LogP contribution in [0.1, 0.15) is 47.4 Å². The molecule has 3 heterocycles. The molecule has 0 aromatic carbocycles. The Kier molecular flexibility index (Phi) is 3.89. The van der Waals surface area contributed by atoms with Gasteiger partial charge in [0.15, 0.2) is 0 Å². The maximum Gasteiger partial charge on any atom is 0.226 e. The number of piperidine rings is 1. The summed E-state index contributed by atoms with van der Waals surface area (Å²) in [5.74, 6) is 1.29. The summed E-state index contributed by atoms with van der Waals surface area (Å²) in [5, 5.41) is 3.30. The van der Waals surface area contributed by atoms with Gasteiger partial charge in [0.2, 0.25) is 5.91 Å². The molecule has 1 amide bonds. The molecule has 1 aliphatic heterocycles. The monoisotopic (exact) mass is 327 g/mol. The Morgan fingerprint density at radius 1 is 1.43 bits per heavy atom. The number of aryl methyl sites for hydroxylation is 1. The third-order valence-electron chi connectivity index (χ3n) is 4.94. The molecule has 2 aromatic rings. The summed E-state index contributed by atoms with van der Waals surface area (Å²) in [4.78, 5) is 23.7. The lowest BCUT2D eigenvalue weighted by molar-refractivity contribution is -0.133. The van der Waals surface area contributed by atoms with Crippen LogP contribution in [0.25, 0.3) is 0 Å². The minimum atomic E-state index is 0.163. The fourth-order valence-corrected chi connectivity index (χ4v) is 4.53. The average Bonchev–Trinajstić information content (AvgIpc) is 3.29. The summed E-state index contributed by atoms with van der Waals surface area (Å²) in [6, 6.07) is 4.04. The maximum atomic E-state index is 12.8. The number of nitrogens with zero attached hydrogens (tertiary/aromatic N) is 3. The molecule has 120 valence electrons. The van der Waals surface area contributed by atoms with Crippen LogP contribution in [0.5, 0.6) is 0 Å². The zero-order valence-electron chi connectivity index (χ0n) is 13.3. The van der Waals surface area contributed by atoms with E-state index < -0.39 is 0 Å². The normalized spacial score (nSPS) is 27.0. The van der Waals surface area contributed by atoms with Gasteiger partial charge in [-0.2, -0.15) is 0 Å². The van der Waals surface area contributed by atoms with E-state index in [4.69, 9.17) is 0 Å². The van der Waals surface area contributed by atoms with E-state index in [9.17, 15) is 4.79 Å². The Hall–Kier alpha value is -1.75. The highest BCUT2D eigenvalue weighted by Gasteiger charge is 2.46. The van der Waals surface area contributed by atoms with Crippen molar-refractivity contribution in [2.24, 2.45) is 5.92 Å². The van der Waals surface area contributed by atoms with Crippen LogP contribution < -0.4 is 0 Å². The van der Waals surface area contributed by atoms with Gasteiger partial charge in [0.25, 0.3) is 0 Å². The predicted molar refractivity (Wildman–Crippen MR) is 90.5 cm³/mol. The number of hydrogen-bond acceptors (Lipinski definition) is 4. The number of pyridine rings is 1. The molecule has 4 rings (SSSR count). The Balaban J connectivity index is 1.41. The van der Waals surface area contributed by atoms with Gasteiger partial charge in [0.1, 0.15) is 0 Å². The van der Waals surface area contributed by atoms with E-state index in [1.54, 1.807) is 17.5 Å². The minimum Gasteiger partial charge on any atom is -0.342 e. The lowest BCUT2D eigenvalue weighted by Crippen LogP contribution is -2.40. The number of hydrogen-bond donors (Lipinski definition) is 0. The summed E-state index contributed by atoms with van der Waals surface area (Å²) in [5.41, 5.74) is 2.29. The fraction of sp³-hybridized carbons (Fsp3) is 0.500. The van der Waals surface area contributed by atoms with Crippen LogP contribution in [-0.2, 0) is 4.79 Å². The second-order valence-electron chi connectivity index (χ2n) is 6.69. The molecule has 2 aliphatic rings. The van der Waals surface area contributed by atoms with E-state index in [0.717, 1.165) is 38.0 Å². The van der Waals surface area contributed by atoms with Crippen molar-refractivity contribution in [3.05, 3.63) is 46.2 Å². The van der Waals surface area contributed by atoms with E-state index in [1.165, 1.54) is 10.6 Å². The zero-order chi connectivity index (χ0) is 15.8. The van der Waals surface area contributed by atoms with Crippen LogP contribution in [-0.4, -0.2) is 33.9 Å². The van der Waals surface area contributed by atoms with E-state index in [0.29, 0.717) is 17.7 Å². The van der Waals surface area contributed by atoms with E-state index in [2.05, 4.69) is 26.3 Å². The summed E-state index contributed by atoms with van der Waals surface area (Å²) in [6.45, 7) is 3.77. The molecule has 2 aromatic heterocycles. The Labute approximate surface area is 140 Å². The number of thiazole rings is 1. The molecule has 2 fully saturated rings. The van der Waals surface area contributed by atoms with Gasteiger partial charge in [-0.15, -0.1) is 11.3 Å². The van der Waals surface area contributed by atoms with Gasteiger partial charge in [-0.3, -0.25) is 9.78 Å². The quantitative estimate of drug-likeness (QED) is 0.868. The van der Waals surface area contributed by atoms with Crippen molar-refractivity contribution < 1.29 is 4.79 Å². The van der Waals surface area contributed by atoms with Crippen molar-refractivity contribution >= 4 is 17.2 Å². The molecule has 1 saturated carbocycles. The molecular weight excluding hydrogens is 306 g/mol. The van der Waals surface area contributed by atoms with Crippen molar-refractivity contribution in [1.82, 2.24) is 14.9 Å². The van der Waals surface area contributed by atoms with Gasteiger partial charge >= 0.3 is 0 Å². The van der Waals surface area contributed by atoms with Crippen LogP contribution in [0.3, 0.4) is 0 Å². The molecule has 23 heavy (non-hydrogen) atoms. The third-order valence-corrected chi connectivity index (χ3v) is 6.06. The molecular formula is C18H21N3OS. The number of amides is 1. The van der Waals surface area contributed by atoms with Gasteiger partial charge < -0.3 is 4.90 Å². The summed E-state index contributed by atoms with van der Waals surface area (Å²) >= 11 is 1.73. The van der Waals surface area contributed by atoms with E-state index in [1.807, 2.05) is 19.2 Å². The largest absolute Gasteiger partial charge is 0.342 e. The Morgan fingerprint density at radius 3 is 3.09 bits per heavy atom. The van der Waals surface area contributed by atoms with Crippen LogP contribution in [0.2, 0.25) is 0 Å². The van der Waals surface area contributed by atoms with Crippen molar-refractivity contribution in [3.8, 4) is 0 Å². The second kappa shape index (κ2) is 6.04. The molecule has 0 spiro atoms. The number of rotatable bonds is 3. The number of aromatic nitrogens is 2. The molecule has 1 saturated heterocycles. The fourth-order valence-electron chi connectivity index (χ4n) is 3.60. The average molecular weight is 327 g/mol. The summed E-state index contributed by atoms with van der Waals surface area (Å²) < 4.78 is 0. The summed E-state index contributed by atoms with van der Waals surface area (Å²) in [6.07, 6.45) is 6.89. The first-order valence-corrected chi connectivity index (χ1v) is 9.21. The van der Waals surface area contributed by atoms with Crippen LogP contribution in [0.4, 0.5) is 0 Å². The van der Waals surface area contributed by atoms with Crippen LogP contribution >= 0.6 is 11.3 Å². The van der Waals surface area contributed by atoms with E-state index in [-0.39, 0.29) is 5.92 Å². The van der Waals surface area contributed by atoms with Crippen molar-refractivity contribution in [3.63, 3.8) is 0 Å². The Morgan fingerprint density at radius 2 is 2.35 bits per heavy atom. The van der Waals surface area contributed by atoms with Gasteiger partial charge in [0, 0.05) is 48.4 Å². The van der Waals surface area contributed by atoms with Gasteiger partial charge in [-0.05, 0) is 43.7 Å². The van der Waals surface area contributed by atoms with Gasteiger partial charge in [0.05, 0.1) is 5.01 Å². The number of likely N-dealkylation sites (tertiary alicyclic amines) is 1. The first-order chi connectivity index (χ1) is 11.2. The molecule has 0 N–H and O–H groups in total. The smallest absolute Gasteiger partial charge is 0.226 e. The highest BCUT2D eigenvalue weighted by molar-refractivity contribution is 7.09. The molecule has 3 unspecified atom stereocenters.